The lowest BCUT2D eigenvalue weighted by atomic mass is 9.87. The molecule has 3 amide bonds. The van der Waals surface area contributed by atoms with Gasteiger partial charge < -0.3 is 15.4 Å². The molecule has 0 aliphatic carbocycles. The summed E-state index contributed by atoms with van der Waals surface area (Å²) in [4.78, 5) is 29.0. The van der Waals surface area contributed by atoms with Crippen molar-refractivity contribution < 1.29 is 14.3 Å². The average Bonchev–Trinajstić information content (AvgIpc) is 2.64. The number of hydrogen-bond acceptors (Lipinski definition) is 3. The fraction of sp³-hybridized carbons (Fsp3) is 0.286. The monoisotopic (exact) mass is 365 g/mol. The molecule has 0 spiro atoms. The number of nitrogens with zero attached hydrogens (tertiary/aromatic N) is 1. The maximum atomic E-state index is 13.1. The number of anilines is 1. The van der Waals surface area contributed by atoms with E-state index < -0.39 is 18.0 Å². The van der Waals surface area contributed by atoms with Gasteiger partial charge in [0.05, 0.1) is 13.2 Å². The summed E-state index contributed by atoms with van der Waals surface area (Å²) in [5.41, 5.74) is 4.14. The first-order chi connectivity index (χ1) is 12.9. The molecule has 2 aromatic rings. The normalized spacial score (nSPS) is 19.1. The number of nitrogens with one attached hydrogen (secondary N) is 2. The number of rotatable bonds is 4. The number of carbonyl (C=O) groups excluding carboxylic acids is 2. The number of urea groups is 1. The topological polar surface area (TPSA) is 79.8 Å². The number of hydrogen-bond donors (Lipinski definition) is 2. The molecule has 1 aliphatic heterocycles. The van der Waals surface area contributed by atoms with Crippen molar-refractivity contribution in [3.8, 4) is 5.75 Å². The van der Waals surface area contributed by atoms with E-state index in [1.54, 1.807) is 14.0 Å². The van der Waals surface area contributed by atoms with E-state index in [1.165, 1.54) is 0 Å². The number of aryl methyl sites for hydroxylation is 1. The quantitative estimate of drug-likeness (QED) is 0.865. The molecule has 0 bridgehead atoms. The lowest BCUT2D eigenvalue weighted by molar-refractivity contribution is -0.118. The van der Waals surface area contributed by atoms with Gasteiger partial charge in [-0.2, -0.15) is 0 Å². The number of aliphatic imine (C=N–C) groups is 1. The van der Waals surface area contributed by atoms with Gasteiger partial charge >= 0.3 is 6.03 Å². The van der Waals surface area contributed by atoms with Crippen LogP contribution < -0.4 is 15.4 Å². The van der Waals surface area contributed by atoms with Gasteiger partial charge in [-0.1, -0.05) is 24.3 Å². The number of amides is 3. The lowest BCUT2D eigenvalue weighted by Crippen LogP contribution is -2.45. The Morgan fingerprint density at radius 2 is 1.89 bits per heavy atom. The highest BCUT2D eigenvalue weighted by Gasteiger charge is 2.37. The van der Waals surface area contributed by atoms with Crippen molar-refractivity contribution >= 4 is 23.3 Å². The van der Waals surface area contributed by atoms with Crippen LogP contribution in [0.5, 0.6) is 5.75 Å². The molecule has 2 N–H and O–H groups in total. The molecule has 6 nitrogen and oxygen atoms in total. The van der Waals surface area contributed by atoms with Crippen LogP contribution in [-0.4, -0.2) is 24.8 Å². The number of methoxy groups -OCH3 is 1. The Morgan fingerprint density at radius 3 is 2.63 bits per heavy atom. The van der Waals surface area contributed by atoms with Crippen molar-refractivity contribution in [3.05, 3.63) is 59.2 Å². The molecule has 0 saturated carbocycles. The van der Waals surface area contributed by atoms with Crippen molar-refractivity contribution in [2.24, 2.45) is 10.9 Å². The molecular formula is C21H23N3O3. The van der Waals surface area contributed by atoms with Crippen molar-refractivity contribution in [2.75, 3.05) is 12.4 Å². The molecule has 3 rings (SSSR count). The van der Waals surface area contributed by atoms with Gasteiger partial charge in [-0.3, -0.25) is 4.79 Å². The predicted molar refractivity (Wildman–Crippen MR) is 105 cm³/mol. The highest BCUT2D eigenvalue weighted by molar-refractivity contribution is 6.13. The second-order valence-electron chi connectivity index (χ2n) is 6.67. The molecule has 0 fully saturated rings. The largest absolute Gasteiger partial charge is 0.497 e. The molecule has 2 unspecified atom stereocenters. The zero-order valence-electron chi connectivity index (χ0n) is 15.9. The number of benzene rings is 2. The standard InChI is InChI=1S/C21H23N3O3/c1-12-7-5-10-17(13(12)2)23-20(25)18-14(3)22-21(26)24-19(18)15-8-6-9-16(11-15)27-4/h5-11,18-19H,1-4H3,(H,23,25)(H,24,26). The lowest BCUT2D eigenvalue weighted by Gasteiger charge is -2.30. The van der Waals surface area contributed by atoms with Crippen LogP contribution in [0.25, 0.3) is 0 Å². The van der Waals surface area contributed by atoms with Crippen molar-refractivity contribution in [1.29, 1.82) is 0 Å². The van der Waals surface area contributed by atoms with Crippen molar-refractivity contribution in [3.63, 3.8) is 0 Å². The van der Waals surface area contributed by atoms with Gasteiger partial charge in [-0.05, 0) is 55.7 Å². The summed E-state index contributed by atoms with van der Waals surface area (Å²) in [5, 5.41) is 5.81. The Hall–Kier alpha value is -3.15. The summed E-state index contributed by atoms with van der Waals surface area (Å²) in [6, 6.07) is 12.1. The first-order valence-corrected chi connectivity index (χ1v) is 8.77. The predicted octanol–water partition coefficient (Wildman–Crippen LogP) is 3.79. The molecular weight excluding hydrogens is 342 g/mol. The molecule has 2 aromatic carbocycles. The number of ether oxygens (including phenoxy) is 1. The van der Waals surface area contributed by atoms with Gasteiger partial charge in [0.2, 0.25) is 5.91 Å². The van der Waals surface area contributed by atoms with E-state index in [-0.39, 0.29) is 5.91 Å². The van der Waals surface area contributed by atoms with Crippen LogP contribution in [0.3, 0.4) is 0 Å². The maximum absolute atomic E-state index is 13.1. The van der Waals surface area contributed by atoms with Crippen LogP contribution in [0.15, 0.2) is 47.5 Å². The highest BCUT2D eigenvalue weighted by Crippen LogP contribution is 2.30. The first-order valence-electron chi connectivity index (χ1n) is 8.77. The molecule has 140 valence electrons. The van der Waals surface area contributed by atoms with E-state index in [4.69, 9.17) is 4.74 Å². The highest BCUT2D eigenvalue weighted by atomic mass is 16.5. The smallest absolute Gasteiger partial charge is 0.341 e. The summed E-state index contributed by atoms with van der Waals surface area (Å²) < 4.78 is 5.28. The van der Waals surface area contributed by atoms with Gasteiger partial charge in [0, 0.05) is 11.4 Å². The minimum atomic E-state index is -0.616. The van der Waals surface area contributed by atoms with E-state index in [0.717, 1.165) is 22.4 Å². The van der Waals surface area contributed by atoms with Gasteiger partial charge in [-0.15, -0.1) is 0 Å². The van der Waals surface area contributed by atoms with Crippen LogP contribution >= 0.6 is 0 Å². The summed E-state index contributed by atoms with van der Waals surface area (Å²) in [7, 11) is 1.58. The average molecular weight is 365 g/mol. The summed E-state index contributed by atoms with van der Waals surface area (Å²) in [6.45, 7) is 5.67. The Bertz CT molecular complexity index is 921. The van der Waals surface area contributed by atoms with Crippen LogP contribution in [0.2, 0.25) is 0 Å². The fourth-order valence-corrected chi connectivity index (χ4v) is 3.27. The molecule has 0 radical (unpaired) electrons. The molecule has 0 saturated heterocycles. The van der Waals surface area contributed by atoms with E-state index in [9.17, 15) is 9.59 Å². The Kier molecular flexibility index (Phi) is 5.26. The molecule has 1 heterocycles. The number of carbonyl (C=O) groups is 2. The van der Waals surface area contributed by atoms with E-state index in [1.807, 2.05) is 56.3 Å². The summed E-state index contributed by atoms with van der Waals surface area (Å²) >= 11 is 0. The maximum Gasteiger partial charge on any atom is 0.341 e. The Morgan fingerprint density at radius 1 is 1.15 bits per heavy atom. The van der Waals surface area contributed by atoms with Crippen LogP contribution in [0, 0.1) is 19.8 Å². The van der Waals surface area contributed by atoms with Gasteiger partial charge in [0.15, 0.2) is 0 Å². The molecule has 1 aliphatic rings. The van der Waals surface area contributed by atoms with Gasteiger partial charge in [-0.25, -0.2) is 9.79 Å². The molecule has 27 heavy (non-hydrogen) atoms. The van der Waals surface area contributed by atoms with Crippen LogP contribution in [-0.2, 0) is 4.79 Å². The summed E-state index contributed by atoms with van der Waals surface area (Å²) in [5.74, 6) is -0.164. The Balaban J connectivity index is 1.95. The SMILES string of the molecule is COc1cccc(C2NC(=O)N=C(C)C2C(=O)Nc2cccc(C)c2C)c1. The Labute approximate surface area is 158 Å². The minimum absolute atomic E-state index is 0.210. The molecule has 6 heteroatoms. The second-order valence-corrected chi connectivity index (χ2v) is 6.67. The van der Waals surface area contributed by atoms with Crippen LogP contribution in [0.4, 0.5) is 10.5 Å². The fourth-order valence-electron chi connectivity index (χ4n) is 3.27. The third kappa shape index (κ3) is 3.84. The van der Waals surface area contributed by atoms with E-state index in [0.29, 0.717) is 11.5 Å². The van der Waals surface area contributed by atoms with Crippen molar-refractivity contribution in [1.82, 2.24) is 5.32 Å². The zero-order valence-corrected chi connectivity index (χ0v) is 15.9. The van der Waals surface area contributed by atoms with Gasteiger partial charge in [0.25, 0.3) is 0 Å². The third-order valence-electron chi connectivity index (χ3n) is 4.94. The third-order valence-corrected chi connectivity index (χ3v) is 4.94. The molecule has 2 atom stereocenters. The van der Waals surface area contributed by atoms with Gasteiger partial charge in [0.1, 0.15) is 11.7 Å². The van der Waals surface area contributed by atoms with Crippen LogP contribution in [0.1, 0.15) is 29.7 Å². The summed E-state index contributed by atoms with van der Waals surface area (Å²) in [6.07, 6.45) is 0. The van der Waals surface area contributed by atoms with Crippen molar-refractivity contribution in [2.45, 2.75) is 26.8 Å². The first kappa shape index (κ1) is 18.6. The minimum Gasteiger partial charge on any atom is -0.497 e. The molecule has 0 aromatic heterocycles. The van der Waals surface area contributed by atoms with E-state index in [2.05, 4.69) is 15.6 Å². The second kappa shape index (κ2) is 7.61. The van der Waals surface area contributed by atoms with E-state index >= 15 is 0 Å². The zero-order chi connectivity index (χ0) is 19.6.